The average Bonchev–Trinajstić information content (AvgIpc) is 2.20. The Morgan fingerprint density at radius 1 is 1.25 bits per heavy atom. The predicted octanol–water partition coefficient (Wildman–Crippen LogP) is 2.56. The molecule has 0 aromatic carbocycles. The van der Waals surface area contributed by atoms with Crippen molar-refractivity contribution >= 4 is 21.8 Å². The summed E-state index contributed by atoms with van der Waals surface area (Å²) in [6, 6.07) is 0. The molecule has 0 aliphatic rings. The van der Waals surface area contributed by atoms with Gasteiger partial charge in [0.1, 0.15) is 0 Å². The first-order valence-electron chi connectivity index (χ1n) is 6.02. The zero-order chi connectivity index (χ0) is 12.6. The van der Waals surface area contributed by atoms with Crippen LogP contribution < -0.4 is 0 Å². The van der Waals surface area contributed by atoms with Gasteiger partial charge in [-0.2, -0.15) is 0 Å². The molecule has 16 heavy (non-hydrogen) atoms. The Labute approximate surface area is 107 Å². The van der Waals surface area contributed by atoms with Crippen LogP contribution in [0.4, 0.5) is 0 Å². The number of alkyl halides is 1. The number of rotatable bonds is 8. The first-order valence-corrected chi connectivity index (χ1v) is 6.82. The molecule has 0 atom stereocenters. The fraction of sp³-hybridized carbons (Fsp3) is 0.917. The van der Waals surface area contributed by atoms with E-state index in [4.69, 9.17) is 5.11 Å². The summed E-state index contributed by atoms with van der Waals surface area (Å²) < 4.78 is -0.535. The third-order valence-corrected chi connectivity index (χ3v) is 2.79. The Kier molecular flexibility index (Phi) is 8.02. The maximum atomic E-state index is 12.0. The molecule has 0 aromatic heterocycles. The number of amides is 1. The van der Waals surface area contributed by atoms with Gasteiger partial charge in [-0.3, -0.25) is 4.79 Å². The van der Waals surface area contributed by atoms with Gasteiger partial charge in [-0.05, 0) is 20.3 Å². The Balaban J connectivity index is 4.11. The zero-order valence-corrected chi connectivity index (χ0v) is 12.2. The van der Waals surface area contributed by atoms with E-state index in [-0.39, 0.29) is 12.5 Å². The molecule has 0 saturated carbocycles. The molecule has 3 nitrogen and oxygen atoms in total. The van der Waals surface area contributed by atoms with Gasteiger partial charge >= 0.3 is 0 Å². The van der Waals surface area contributed by atoms with E-state index >= 15 is 0 Å². The molecule has 96 valence electrons. The number of aliphatic hydroxyl groups is 1. The van der Waals surface area contributed by atoms with E-state index in [0.717, 1.165) is 19.4 Å². The maximum Gasteiger partial charge on any atom is 0.238 e. The molecule has 0 spiro atoms. The second-order valence-corrected chi connectivity index (χ2v) is 6.53. The van der Waals surface area contributed by atoms with Gasteiger partial charge in [-0.1, -0.05) is 42.1 Å². The number of nitrogens with zero attached hydrogens (tertiary/aromatic N) is 1. The summed E-state index contributed by atoms with van der Waals surface area (Å²) in [6.45, 7) is 7.05. The molecule has 0 aliphatic heterocycles. The summed E-state index contributed by atoms with van der Waals surface area (Å²) in [7, 11) is 0. The number of unbranched alkanes of at least 4 members (excludes halogenated alkanes) is 3. The van der Waals surface area contributed by atoms with E-state index in [0.29, 0.717) is 6.54 Å². The van der Waals surface area contributed by atoms with Crippen LogP contribution in [0.5, 0.6) is 0 Å². The van der Waals surface area contributed by atoms with Crippen molar-refractivity contribution in [3.63, 3.8) is 0 Å². The topological polar surface area (TPSA) is 40.5 Å². The largest absolute Gasteiger partial charge is 0.395 e. The van der Waals surface area contributed by atoms with Crippen LogP contribution in [-0.4, -0.2) is 39.9 Å². The van der Waals surface area contributed by atoms with Crippen LogP contribution in [0.2, 0.25) is 0 Å². The SMILES string of the molecule is CCCCCCN(CCO)C(=O)C(C)(C)Br. The van der Waals surface area contributed by atoms with Gasteiger partial charge in [-0.25, -0.2) is 0 Å². The lowest BCUT2D eigenvalue weighted by atomic mass is 10.1. The molecule has 0 bridgehead atoms. The van der Waals surface area contributed by atoms with Crippen LogP contribution in [0, 0.1) is 0 Å². The quantitative estimate of drug-likeness (QED) is 0.552. The van der Waals surface area contributed by atoms with E-state index in [9.17, 15) is 4.79 Å². The summed E-state index contributed by atoms with van der Waals surface area (Å²) in [4.78, 5) is 13.7. The van der Waals surface area contributed by atoms with E-state index in [1.165, 1.54) is 12.8 Å². The molecule has 0 saturated heterocycles. The van der Waals surface area contributed by atoms with Gasteiger partial charge < -0.3 is 10.0 Å². The van der Waals surface area contributed by atoms with Gasteiger partial charge in [0.05, 0.1) is 10.9 Å². The zero-order valence-electron chi connectivity index (χ0n) is 10.6. The first kappa shape index (κ1) is 15.9. The second kappa shape index (κ2) is 8.07. The Morgan fingerprint density at radius 3 is 2.31 bits per heavy atom. The van der Waals surface area contributed by atoms with Gasteiger partial charge in [0.15, 0.2) is 0 Å². The monoisotopic (exact) mass is 293 g/mol. The van der Waals surface area contributed by atoms with Gasteiger partial charge in [0, 0.05) is 13.1 Å². The molecule has 0 fully saturated rings. The van der Waals surface area contributed by atoms with E-state index < -0.39 is 4.32 Å². The highest BCUT2D eigenvalue weighted by molar-refractivity contribution is 9.10. The van der Waals surface area contributed by atoms with E-state index in [1.807, 2.05) is 13.8 Å². The smallest absolute Gasteiger partial charge is 0.238 e. The van der Waals surface area contributed by atoms with Crippen molar-refractivity contribution in [2.45, 2.75) is 50.8 Å². The van der Waals surface area contributed by atoms with Crippen molar-refractivity contribution in [1.29, 1.82) is 0 Å². The normalized spacial score (nSPS) is 11.6. The molecule has 1 N–H and O–H groups in total. The van der Waals surface area contributed by atoms with Crippen LogP contribution in [0.1, 0.15) is 46.5 Å². The number of halogens is 1. The molecule has 0 rings (SSSR count). The molecule has 1 amide bonds. The van der Waals surface area contributed by atoms with Crippen molar-refractivity contribution in [3.8, 4) is 0 Å². The standard InChI is InChI=1S/C12H24BrNO2/c1-4-5-6-7-8-14(9-10-15)11(16)12(2,3)13/h15H,4-10H2,1-3H3. The molecular weight excluding hydrogens is 270 g/mol. The average molecular weight is 294 g/mol. The third-order valence-electron chi connectivity index (χ3n) is 2.45. The fourth-order valence-corrected chi connectivity index (χ4v) is 1.79. The highest BCUT2D eigenvalue weighted by atomic mass is 79.9. The van der Waals surface area contributed by atoms with Gasteiger partial charge in [-0.15, -0.1) is 0 Å². The highest BCUT2D eigenvalue weighted by Crippen LogP contribution is 2.19. The number of carbonyl (C=O) groups excluding carboxylic acids is 1. The molecule has 0 unspecified atom stereocenters. The number of carbonyl (C=O) groups is 1. The summed E-state index contributed by atoms with van der Waals surface area (Å²) in [5.41, 5.74) is 0. The number of hydrogen-bond donors (Lipinski definition) is 1. The van der Waals surface area contributed by atoms with Crippen LogP contribution in [0.25, 0.3) is 0 Å². The van der Waals surface area contributed by atoms with Crippen molar-refractivity contribution in [3.05, 3.63) is 0 Å². The summed E-state index contributed by atoms with van der Waals surface area (Å²) >= 11 is 3.36. The van der Waals surface area contributed by atoms with Crippen molar-refractivity contribution in [2.75, 3.05) is 19.7 Å². The van der Waals surface area contributed by atoms with Crippen LogP contribution >= 0.6 is 15.9 Å². The van der Waals surface area contributed by atoms with Crippen molar-refractivity contribution in [1.82, 2.24) is 4.90 Å². The van der Waals surface area contributed by atoms with Crippen molar-refractivity contribution < 1.29 is 9.90 Å². The lowest BCUT2D eigenvalue weighted by Gasteiger charge is -2.27. The molecule has 0 heterocycles. The van der Waals surface area contributed by atoms with E-state index in [1.54, 1.807) is 4.90 Å². The lowest BCUT2D eigenvalue weighted by Crippen LogP contribution is -2.43. The molecule has 0 aromatic rings. The summed E-state index contributed by atoms with van der Waals surface area (Å²) in [6.07, 6.45) is 4.56. The fourth-order valence-electron chi connectivity index (χ4n) is 1.54. The summed E-state index contributed by atoms with van der Waals surface area (Å²) in [5.74, 6) is 0.0537. The number of hydrogen-bond acceptors (Lipinski definition) is 2. The molecule has 4 heteroatoms. The van der Waals surface area contributed by atoms with Crippen LogP contribution in [0.15, 0.2) is 0 Å². The first-order chi connectivity index (χ1) is 7.43. The second-order valence-electron chi connectivity index (χ2n) is 4.55. The van der Waals surface area contributed by atoms with Crippen molar-refractivity contribution in [2.24, 2.45) is 0 Å². The Hall–Kier alpha value is -0.0900. The Morgan fingerprint density at radius 2 is 1.88 bits per heavy atom. The minimum atomic E-state index is -0.535. The highest BCUT2D eigenvalue weighted by Gasteiger charge is 2.28. The summed E-state index contributed by atoms with van der Waals surface area (Å²) in [5, 5.41) is 8.94. The molecule has 0 radical (unpaired) electrons. The van der Waals surface area contributed by atoms with Crippen LogP contribution in [-0.2, 0) is 4.79 Å². The maximum absolute atomic E-state index is 12.0. The van der Waals surface area contributed by atoms with Gasteiger partial charge in [0.25, 0.3) is 0 Å². The third kappa shape index (κ3) is 6.48. The number of aliphatic hydroxyl groups excluding tert-OH is 1. The van der Waals surface area contributed by atoms with Gasteiger partial charge in [0.2, 0.25) is 5.91 Å². The Bertz CT molecular complexity index is 202. The predicted molar refractivity (Wildman–Crippen MR) is 70.8 cm³/mol. The van der Waals surface area contributed by atoms with Crippen LogP contribution in [0.3, 0.4) is 0 Å². The minimum Gasteiger partial charge on any atom is -0.395 e. The minimum absolute atomic E-state index is 0.0304. The van der Waals surface area contributed by atoms with E-state index in [2.05, 4.69) is 22.9 Å². The molecule has 0 aliphatic carbocycles. The lowest BCUT2D eigenvalue weighted by molar-refractivity contribution is -0.133. The molecular formula is C12H24BrNO2.